The summed E-state index contributed by atoms with van der Waals surface area (Å²) in [7, 11) is 1.46. The summed E-state index contributed by atoms with van der Waals surface area (Å²) in [5.74, 6) is 0.579. The molecule has 0 saturated heterocycles. The van der Waals surface area contributed by atoms with Crippen LogP contribution in [-0.4, -0.2) is 34.5 Å². The molecule has 3 N–H and O–H groups in total. The van der Waals surface area contributed by atoms with E-state index in [0.29, 0.717) is 11.8 Å². The molecule has 21 heavy (non-hydrogen) atoms. The zero-order chi connectivity index (χ0) is 15.2. The van der Waals surface area contributed by atoms with Crippen molar-refractivity contribution in [1.29, 1.82) is 0 Å². The van der Waals surface area contributed by atoms with Crippen LogP contribution in [0.5, 0.6) is 0 Å². The third kappa shape index (κ3) is 4.50. The van der Waals surface area contributed by atoms with Gasteiger partial charge in [-0.3, -0.25) is 4.79 Å². The van der Waals surface area contributed by atoms with E-state index < -0.39 is 0 Å². The SMILES string of the molecule is COCC(=O)Cc1nc(N)nc(Nc2ccc(C)cc2)n1. The van der Waals surface area contributed by atoms with Gasteiger partial charge >= 0.3 is 0 Å². The van der Waals surface area contributed by atoms with E-state index >= 15 is 0 Å². The van der Waals surface area contributed by atoms with Crippen molar-refractivity contribution >= 4 is 23.4 Å². The number of nitrogens with two attached hydrogens (primary N) is 1. The second-order valence-electron chi connectivity index (χ2n) is 4.57. The number of hydrogen-bond donors (Lipinski definition) is 2. The Morgan fingerprint density at radius 1 is 1.24 bits per heavy atom. The van der Waals surface area contributed by atoms with Gasteiger partial charge in [0, 0.05) is 12.8 Å². The number of rotatable bonds is 6. The van der Waals surface area contributed by atoms with Crippen LogP contribution in [-0.2, 0) is 16.0 Å². The first-order chi connectivity index (χ1) is 10.1. The van der Waals surface area contributed by atoms with E-state index in [1.54, 1.807) is 0 Å². The highest BCUT2D eigenvalue weighted by atomic mass is 16.5. The number of aryl methyl sites for hydroxylation is 1. The highest BCUT2D eigenvalue weighted by Crippen LogP contribution is 2.14. The molecular formula is C14H17N5O2. The molecule has 0 aliphatic rings. The van der Waals surface area contributed by atoms with Crippen LogP contribution in [0.25, 0.3) is 0 Å². The quantitative estimate of drug-likeness (QED) is 0.824. The topological polar surface area (TPSA) is 103 Å². The summed E-state index contributed by atoms with van der Waals surface area (Å²) < 4.78 is 4.78. The molecule has 0 spiro atoms. The van der Waals surface area contributed by atoms with E-state index in [9.17, 15) is 4.79 Å². The Bertz CT molecular complexity index is 628. The minimum Gasteiger partial charge on any atom is -0.377 e. The fourth-order valence-corrected chi connectivity index (χ4v) is 1.73. The van der Waals surface area contributed by atoms with Crippen LogP contribution in [0.4, 0.5) is 17.6 Å². The molecule has 0 bridgehead atoms. The van der Waals surface area contributed by atoms with Crippen LogP contribution in [0.1, 0.15) is 11.4 Å². The second kappa shape index (κ2) is 6.76. The molecule has 0 saturated carbocycles. The number of carbonyl (C=O) groups excluding carboxylic acids is 1. The fourth-order valence-electron chi connectivity index (χ4n) is 1.73. The van der Waals surface area contributed by atoms with Crippen molar-refractivity contribution in [2.75, 3.05) is 24.8 Å². The highest BCUT2D eigenvalue weighted by Gasteiger charge is 2.09. The summed E-state index contributed by atoms with van der Waals surface area (Å²) in [5.41, 5.74) is 7.63. The molecule has 0 amide bonds. The lowest BCUT2D eigenvalue weighted by Gasteiger charge is -2.07. The number of carbonyl (C=O) groups is 1. The molecule has 0 aliphatic heterocycles. The Morgan fingerprint density at radius 2 is 1.95 bits per heavy atom. The van der Waals surface area contributed by atoms with E-state index in [0.717, 1.165) is 11.3 Å². The zero-order valence-corrected chi connectivity index (χ0v) is 12.0. The van der Waals surface area contributed by atoms with Gasteiger partial charge in [-0.1, -0.05) is 17.7 Å². The number of methoxy groups -OCH3 is 1. The first-order valence-electron chi connectivity index (χ1n) is 6.41. The van der Waals surface area contributed by atoms with Crippen LogP contribution in [0.3, 0.4) is 0 Å². The Labute approximate surface area is 122 Å². The van der Waals surface area contributed by atoms with E-state index in [2.05, 4.69) is 20.3 Å². The molecule has 0 aliphatic carbocycles. The number of nitrogen functional groups attached to an aromatic ring is 1. The highest BCUT2D eigenvalue weighted by molar-refractivity contribution is 5.81. The van der Waals surface area contributed by atoms with Gasteiger partial charge in [0.15, 0.2) is 5.78 Å². The lowest BCUT2D eigenvalue weighted by atomic mass is 10.2. The number of hydrogen-bond acceptors (Lipinski definition) is 7. The predicted octanol–water partition coefficient (Wildman–Crippen LogP) is 1.26. The average Bonchev–Trinajstić information content (AvgIpc) is 2.41. The molecule has 2 rings (SSSR count). The minimum atomic E-state index is -0.121. The molecule has 7 heteroatoms. The Balaban J connectivity index is 2.14. The third-order valence-corrected chi connectivity index (χ3v) is 2.67. The molecule has 0 radical (unpaired) electrons. The van der Waals surface area contributed by atoms with Crippen LogP contribution >= 0.6 is 0 Å². The lowest BCUT2D eigenvalue weighted by Crippen LogP contribution is -2.14. The van der Waals surface area contributed by atoms with Gasteiger partial charge < -0.3 is 15.8 Å². The van der Waals surface area contributed by atoms with Crippen molar-refractivity contribution < 1.29 is 9.53 Å². The van der Waals surface area contributed by atoms with Crippen LogP contribution in [0, 0.1) is 6.92 Å². The van der Waals surface area contributed by atoms with Gasteiger partial charge in [0.25, 0.3) is 0 Å². The molecule has 2 aromatic rings. The Kier molecular flexibility index (Phi) is 4.78. The first-order valence-corrected chi connectivity index (χ1v) is 6.41. The number of ether oxygens (including phenoxy) is 1. The molecule has 110 valence electrons. The number of anilines is 3. The van der Waals surface area contributed by atoms with Gasteiger partial charge in [-0.25, -0.2) is 0 Å². The number of benzene rings is 1. The largest absolute Gasteiger partial charge is 0.377 e. The first kappa shape index (κ1) is 14.9. The van der Waals surface area contributed by atoms with Crippen molar-refractivity contribution in [1.82, 2.24) is 15.0 Å². The number of nitrogens with zero attached hydrogens (tertiary/aromatic N) is 3. The van der Waals surface area contributed by atoms with Crippen molar-refractivity contribution in [2.45, 2.75) is 13.3 Å². The molecular weight excluding hydrogens is 270 g/mol. The lowest BCUT2D eigenvalue weighted by molar-refractivity contribution is -0.122. The minimum absolute atomic E-state index is 0.0202. The number of ketones is 1. The van der Waals surface area contributed by atoms with E-state index in [1.807, 2.05) is 31.2 Å². The summed E-state index contributed by atoms with van der Waals surface area (Å²) in [6.45, 7) is 2.02. The van der Waals surface area contributed by atoms with Crippen molar-refractivity contribution in [3.05, 3.63) is 35.7 Å². The summed E-state index contributed by atoms with van der Waals surface area (Å²) in [6, 6.07) is 7.75. The number of aromatic nitrogens is 3. The molecule has 1 heterocycles. The molecule has 0 fully saturated rings. The van der Waals surface area contributed by atoms with Gasteiger partial charge in [0.1, 0.15) is 12.4 Å². The average molecular weight is 287 g/mol. The maximum Gasteiger partial charge on any atom is 0.232 e. The fraction of sp³-hybridized carbons (Fsp3) is 0.286. The number of nitrogens with one attached hydrogen (secondary N) is 1. The molecule has 1 aromatic carbocycles. The van der Waals surface area contributed by atoms with E-state index in [1.165, 1.54) is 7.11 Å². The molecule has 0 unspecified atom stereocenters. The van der Waals surface area contributed by atoms with E-state index in [-0.39, 0.29) is 24.8 Å². The van der Waals surface area contributed by atoms with Crippen molar-refractivity contribution in [2.24, 2.45) is 0 Å². The Hall–Kier alpha value is -2.54. The molecule has 7 nitrogen and oxygen atoms in total. The van der Waals surface area contributed by atoms with Gasteiger partial charge in [-0.2, -0.15) is 15.0 Å². The Morgan fingerprint density at radius 3 is 2.62 bits per heavy atom. The maximum atomic E-state index is 11.5. The van der Waals surface area contributed by atoms with Crippen molar-refractivity contribution in [3.63, 3.8) is 0 Å². The van der Waals surface area contributed by atoms with E-state index in [4.69, 9.17) is 10.5 Å². The standard InChI is InChI=1S/C14H17N5O2/c1-9-3-5-10(6-4-9)16-14-18-12(17-13(15)19-14)7-11(20)8-21-2/h3-6H,7-8H2,1-2H3,(H3,15,16,17,18,19). The van der Waals surface area contributed by atoms with Crippen LogP contribution in [0.15, 0.2) is 24.3 Å². The van der Waals surface area contributed by atoms with Crippen molar-refractivity contribution in [3.8, 4) is 0 Å². The van der Waals surface area contributed by atoms with Crippen LogP contribution in [0.2, 0.25) is 0 Å². The third-order valence-electron chi connectivity index (χ3n) is 2.67. The molecule has 0 atom stereocenters. The van der Waals surface area contributed by atoms with Crippen LogP contribution < -0.4 is 11.1 Å². The van der Waals surface area contributed by atoms with Gasteiger partial charge in [0.2, 0.25) is 11.9 Å². The second-order valence-corrected chi connectivity index (χ2v) is 4.57. The van der Waals surface area contributed by atoms with Gasteiger partial charge in [-0.05, 0) is 19.1 Å². The normalized spacial score (nSPS) is 10.4. The number of Topliss-reactive ketones (excluding diaryl/α,β-unsaturated/α-hetero) is 1. The monoisotopic (exact) mass is 287 g/mol. The summed E-state index contributed by atoms with van der Waals surface area (Å²) in [6.07, 6.45) is 0.0587. The van der Waals surface area contributed by atoms with Gasteiger partial charge in [-0.15, -0.1) is 0 Å². The summed E-state index contributed by atoms with van der Waals surface area (Å²) >= 11 is 0. The molecule has 1 aromatic heterocycles. The maximum absolute atomic E-state index is 11.5. The predicted molar refractivity (Wildman–Crippen MR) is 79.3 cm³/mol. The smallest absolute Gasteiger partial charge is 0.232 e. The zero-order valence-electron chi connectivity index (χ0n) is 12.0. The summed E-state index contributed by atoms with van der Waals surface area (Å²) in [5, 5.41) is 3.03. The van der Waals surface area contributed by atoms with Gasteiger partial charge in [0.05, 0.1) is 6.42 Å². The summed E-state index contributed by atoms with van der Waals surface area (Å²) in [4.78, 5) is 23.7.